The van der Waals surface area contributed by atoms with Crippen molar-refractivity contribution in [2.45, 2.75) is 69.5 Å². The summed E-state index contributed by atoms with van der Waals surface area (Å²) in [4.78, 5) is 26.8. The SMILES string of the molecule is O=C(CC1CC2CCC(C1)N2)NC1CCN(C(=O)CCc2ccccc2)C1. The molecule has 0 saturated carbocycles. The highest BCUT2D eigenvalue weighted by Gasteiger charge is 2.35. The van der Waals surface area contributed by atoms with Crippen molar-refractivity contribution < 1.29 is 9.59 Å². The minimum Gasteiger partial charge on any atom is -0.352 e. The van der Waals surface area contributed by atoms with Crippen LogP contribution < -0.4 is 10.6 Å². The van der Waals surface area contributed by atoms with Crippen molar-refractivity contribution in [1.29, 1.82) is 0 Å². The Hall–Kier alpha value is -1.88. The fraction of sp³-hybridized carbons (Fsp3) is 0.636. The number of piperidine rings is 1. The standard InChI is InChI=1S/C22H31N3O2/c26-21(14-17-12-18-7-8-19(13-17)23-18)24-20-10-11-25(15-20)22(27)9-6-16-4-2-1-3-5-16/h1-5,17-20,23H,6-15H2,(H,24,26). The number of hydrogen-bond acceptors (Lipinski definition) is 3. The van der Waals surface area contributed by atoms with Gasteiger partial charge in [0.15, 0.2) is 0 Å². The van der Waals surface area contributed by atoms with Crippen LogP contribution in [-0.2, 0) is 16.0 Å². The predicted molar refractivity (Wildman–Crippen MR) is 105 cm³/mol. The average molecular weight is 370 g/mol. The topological polar surface area (TPSA) is 61.4 Å². The summed E-state index contributed by atoms with van der Waals surface area (Å²) in [5.41, 5.74) is 1.20. The molecule has 0 radical (unpaired) electrons. The van der Waals surface area contributed by atoms with E-state index in [-0.39, 0.29) is 17.9 Å². The molecule has 3 atom stereocenters. The fourth-order valence-electron chi connectivity index (χ4n) is 5.05. The molecule has 3 saturated heterocycles. The van der Waals surface area contributed by atoms with Crippen LogP contribution in [0.15, 0.2) is 30.3 Å². The third kappa shape index (κ3) is 4.89. The highest BCUT2D eigenvalue weighted by atomic mass is 16.2. The first kappa shape index (κ1) is 18.5. The number of nitrogens with one attached hydrogen (secondary N) is 2. The first-order chi connectivity index (χ1) is 13.2. The molecule has 146 valence electrons. The van der Waals surface area contributed by atoms with Crippen molar-refractivity contribution in [3.05, 3.63) is 35.9 Å². The molecule has 2 bridgehead atoms. The van der Waals surface area contributed by atoms with Gasteiger partial charge in [-0.05, 0) is 50.0 Å². The Bertz CT molecular complexity index is 651. The summed E-state index contributed by atoms with van der Waals surface area (Å²) in [6.45, 7) is 1.42. The lowest BCUT2D eigenvalue weighted by Gasteiger charge is -2.29. The van der Waals surface area contributed by atoms with Crippen molar-refractivity contribution in [3.8, 4) is 0 Å². The third-order valence-corrected chi connectivity index (χ3v) is 6.42. The Morgan fingerprint density at radius 3 is 2.56 bits per heavy atom. The van der Waals surface area contributed by atoms with Gasteiger partial charge in [0.25, 0.3) is 0 Å². The monoisotopic (exact) mass is 369 g/mol. The van der Waals surface area contributed by atoms with Crippen LogP contribution in [0.2, 0.25) is 0 Å². The largest absolute Gasteiger partial charge is 0.352 e. The van der Waals surface area contributed by atoms with Gasteiger partial charge in [-0.3, -0.25) is 9.59 Å². The molecule has 1 aromatic rings. The zero-order valence-electron chi connectivity index (χ0n) is 16.0. The number of likely N-dealkylation sites (tertiary alicyclic amines) is 1. The van der Waals surface area contributed by atoms with Gasteiger partial charge < -0.3 is 15.5 Å². The molecule has 0 aromatic heterocycles. The lowest BCUT2D eigenvalue weighted by Crippen LogP contribution is -2.42. The number of carbonyl (C=O) groups excluding carboxylic acids is 2. The Labute approximate surface area is 161 Å². The molecule has 0 spiro atoms. The van der Waals surface area contributed by atoms with Crippen LogP contribution in [0.3, 0.4) is 0 Å². The van der Waals surface area contributed by atoms with E-state index in [1.54, 1.807) is 0 Å². The van der Waals surface area contributed by atoms with Crippen LogP contribution in [0.4, 0.5) is 0 Å². The predicted octanol–water partition coefficient (Wildman–Crippen LogP) is 2.26. The average Bonchev–Trinajstić information content (AvgIpc) is 3.26. The summed E-state index contributed by atoms with van der Waals surface area (Å²) in [5, 5.41) is 6.81. The molecular formula is C22H31N3O2. The Kier molecular flexibility index (Phi) is 5.77. The van der Waals surface area contributed by atoms with Crippen molar-refractivity contribution in [2.75, 3.05) is 13.1 Å². The summed E-state index contributed by atoms with van der Waals surface area (Å²) >= 11 is 0. The Balaban J connectivity index is 1.18. The van der Waals surface area contributed by atoms with Crippen molar-refractivity contribution in [2.24, 2.45) is 5.92 Å². The van der Waals surface area contributed by atoms with Crippen LogP contribution in [0.1, 0.15) is 50.5 Å². The van der Waals surface area contributed by atoms with Gasteiger partial charge in [-0.1, -0.05) is 30.3 Å². The molecule has 3 fully saturated rings. The number of amides is 2. The van der Waals surface area contributed by atoms with Gasteiger partial charge >= 0.3 is 0 Å². The highest BCUT2D eigenvalue weighted by molar-refractivity contribution is 5.78. The minimum absolute atomic E-state index is 0.122. The number of nitrogens with zero attached hydrogens (tertiary/aromatic N) is 1. The number of rotatable bonds is 6. The van der Waals surface area contributed by atoms with E-state index in [9.17, 15) is 9.59 Å². The number of fused-ring (bicyclic) bond motifs is 2. The van der Waals surface area contributed by atoms with Gasteiger partial charge in [0.05, 0.1) is 0 Å². The van der Waals surface area contributed by atoms with Gasteiger partial charge in [-0.25, -0.2) is 0 Å². The lowest BCUT2D eigenvalue weighted by atomic mass is 9.89. The molecule has 4 rings (SSSR count). The van der Waals surface area contributed by atoms with Gasteiger partial charge in [0.2, 0.25) is 11.8 Å². The van der Waals surface area contributed by atoms with Gasteiger partial charge in [-0.15, -0.1) is 0 Å². The molecule has 3 aliphatic heterocycles. The van der Waals surface area contributed by atoms with Gasteiger partial charge in [0, 0.05) is 44.1 Å². The summed E-state index contributed by atoms with van der Waals surface area (Å²) in [6, 6.07) is 11.5. The van der Waals surface area contributed by atoms with E-state index in [0.29, 0.717) is 37.4 Å². The van der Waals surface area contributed by atoms with Crippen LogP contribution in [0.25, 0.3) is 0 Å². The molecule has 3 aliphatic rings. The number of benzene rings is 1. The second-order valence-electron chi connectivity index (χ2n) is 8.56. The zero-order valence-corrected chi connectivity index (χ0v) is 16.0. The molecule has 3 heterocycles. The quantitative estimate of drug-likeness (QED) is 0.809. The maximum atomic E-state index is 12.5. The van der Waals surface area contributed by atoms with E-state index in [2.05, 4.69) is 22.8 Å². The smallest absolute Gasteiger partial charge is 0.222 e. The van der Waals surface area contributed by atoms with Crippen molar-refractivity contribution in [1.82, 2.24) is 15.5 Å². The molecule has 2 amide bonds. The first-order valence-corrected chi connectivity index (χ1v) is 10.5. The highest BCUT2D eigenvalue weighted by Crippen LogP contribution is 2.32. The van der Waals surface area contributed by atoms with Gasteiger partial charge in [-0.2, -0.15) is 0 Å². The second kappa shape index (κ2) is 8.42. The Morgan fingerprint density at radius 1 is 1.07 bits per heavy atom. The van der Waals surface area contributed by atoms with Crippen LogP contribution in [-0.4, -0.2) is 47.9 Å². The zero-order chi connectivity index (χ0) is 18.6. The molecule has 0 aliphatic carbocycles. The molecule has 5 nitrogen and oxygen atoms in total. The molecule has 5 heteroatoms. The van der Waals surface area contributed by atoms with E-state index < -0.39 is 0 Å². The van der Waals surface area contributed by atoms with E-state index in [1.807, 2.05) is 23.1 Å². The van der Waals surface area contributed by atoms with Crippen molar-refractivity contribution >= 4 is 11.8 Å². The number of aryl methyl sites for hydroxylation is 1. The van der Waals surface area contributed by atoms with Gasteiger partial charge in [0.1, 0.15) is 0 Å². The van der Waals surface area contributed by atoms with E-state index in [0.717, 1.165) is 32.2 Å². The third-order valence-electron chi connectivity index (χ3n) is 6.42. The summed E-state index contributed by atoms with van der Waals surface area (Å²) < 4.78 is 0. The number of carbonyl (C=O) groups is 2. The normalized spacial score (nSPS) is 29.7. The van der Waals surface area contributed by atoms with Crippen LogP contribution >= 0.6 is 0 Å². The minimum atomic E-state index is 0.122. The summed E-state index contributed by atoms with van der Waals surface area (Å²) in [6.07, 6.45) is 7.66. The molecular weight excluding hydrogens is 338 g/mol. The molecule has 1 aromatic carbocycles. The van der Waals surface area contributed by atoms with Crippen LogP contribution in [0.5, 0.6) is 0 Å². The maximum absolute atomic E-state index is 12.5. The Morgan fingerprint density at radius 2 is 1.81 bits per heavy atom. The maximum Gasteiger partial charge on any atom is 0.222 e. The molecule has 3 unspecified atom stereocenters. The lowest BCUT2D eigenvalue weighted by molar-refractivity contribution is -0.130. The van der Waals surface area contributed by atoms with Crippen molar-refractivity contribution in [3.63, 3.8) is 0 Å². The fourth-order valence-corrected chi connectivity index (χ4v) is 5.05. The van der Waals surface area contributed by atoms with E-state index >= 15 is 0 Å². The summed E-state index contributed by atoms with van der Waals surface area (Å²) in [5.74, 6) is 0.893. The van der Waals surface area contributed by atoms with Crippen LogP contribution in [0, 0.1) is 5.92 Å². The second-order valence-corrected chi connectivity index (χ2v) is 8.56. The van der Waals surface area contributed by atoms with E-state index in [4.69, 9.17) is 0 Å². The molecule has 27 heavy (non-hydrogen) atoms. The summed E-state index contributed by atoms with van der Waals surface area (Å²) in [7, 11) is 0. The number of hydrogen-bond donors (Lipinski definition) is 2. The molecule has 2 N–H and O–H groups in total. The first-order valence-electron chi connectivity index (χ1n) is 10.5. The van der Waals surface area contributed by atoms with E-state index in [1.165, 1.54) is 18.4 Å².